The van der Waals surface area contributed by atoms with E-state index >= 15 is 0 Å². The molecule has 0 spiro atoms. The Bertz CT molecular complexity index is 690. The Labute approximate surface area is 147 Å². The lowest BCUT2D eigenvalue weighted by atomic mass is 10.1. The molecule has 128 valence electrons. The summed E-state index contributed by atoms with van der Waals surface area (Å²) < 4.78 is 13.1. The maximum absolute atomic E-state index is 6.15. The zero-order valence-corrected chi connectivity index (χ0v) is 14.8. The molecule has 1 aromatic heterocycles. The van der Waals surface area contributed by atoms with Crippen molar-refractivity contribution in [2.24, 2.45) is 12.0 Å². The fourth-order valence-corrected chi connectivity index (χ4v) is 2.90. The molecule has 5 nitrogen and oxygen atoms in total. The van der Waals surface area contributed by atoms with E-state index in [1.807, 2.05) is 31.3 Å². The average Bonchev–Trinajstić information content (AvgIpc) is 3.19. The van der Waals surface area contributed by atoms with E-state index in [9.17, 15) is 0 Å². The van der Waals surface area contributed by atoms with Crippen molar-refractivity contribution in [3.05, 3.63) is 46.7 Å². The van der Waals surface area contributed by atoms with Crippen molar-refractivity contribution in [2.75, 3.05) is 13.2 Å². The first-order valence-corrected chi connectivity index (χ1v) is 8.68. The van der Waals surface area contributed by atoms with Gasteiger partial charge in [0, 0.05) is 7.05 Å². The fraction of sp³-hybridized carbons (Fsp3) is 0.444. The van der Waals surface area contributed by atoms with E-state index in [0.29, 0.717) is 17.5 Å². The predicted molar refractivity (Wildman–Crippen MR) is 94.9 cm³/mol. The molecule has 1 aliphatic heterocycles. The lowest BCUT2D eigenvalue weighted by Gasteiger charge is -2.08. The van der Waals surface area contributed by atoms with Crippen LogP contribution in [0, 0.1) is 0 Å². The van der Waals surface area contributed by atoms with Crippen LogP contribution in [0.25, 0.3) is 0 Å². The van der Waals surface area contributed by atoms with Crippen LogP contribution in [0.2, 0.25) is 5.02 Å². The van der Waals surface area contributed by atoms with Crippen LogP contribution in [0.4, 0.5) is 0 Å². The molecule has 0 amide bonds. The monoisotopic (exact) mass is 347 g/mol. The maximum Gasteiger partial charge on any atom is 0.237 e. The van der Waals surface area contributed by atoms with Gasteiger partial charge in [-0.15, -0.1) is 0 Å². The van der Waals surface area contributed by atoms with Crippen LogP contribution in [0.3, 0.4) is 0 Å². The van der Waals surface area contributed by atoms with Gasteiger partial charge < -0.3 is 9.47 Å². The number of aromatic nitrogens is 2. The first kappa shape index (κ1) is 16.8. The van der Waals surface area contributed by atoms with Crippen molar-refractivity contribution in [2.45, 2.75) is 32.2 Å². The van der Waals surface area contributed by atoms with Gasteiger partial charge in [-0.2, -0.15) is 5.10 Å². The highest BCUT2D eigenvalue weighted by atomic mass is 35.5. The molecule has 2 heterocycles. The largest absolute Gasteiger partial charge is 0.494 e. The molecular weight excluding hydrogens is 326 g/mol. The Morgan fingerprint density at radius 2 is 2.08 bits per heavy atom. The van der Waals surface area contributed by atoms with E-state index in [4.69, 9.17) is 21.1 Å². The highest BCUT2D eigenvalue weighted by Gasteiger charge is 2.25. The van der Waals surface area contributed by atoms with Crippen LogP contribution in [0.1, 0.15) is 43.5 Å². The van der Waals surface area contributed by atoms with Crippen LogP contribution < -0.4 is 4.74 Å². The molecule has 24 heavy (non-hydrogen) atoms. The third kappa shape index (κ3) is 3.73. The highest BCUT2D eigenvalue weighted by Crippen LogP contribution is 2.28. The number of halogens is 1. The standard InChI is InChI=1S/C18H22ClN3O2/c1-3-4-5-10-23-14-8-6-13(7-9-14)16-12-24-18(21-16)17-15(19)11-20-22(17)2/h6-9,11,16H,3-5,10,12H2,1-2H3. The van der Waals surface area contributed by atoms with Crippen LogP contribution in [0.5, 0.6) is 5.75 Å². The molecule has 1 aromatic carbocycles. The molecule has 3 rings (SSSR count). The minimum atomic E-state index is -0.0277. The third-order valence-electron chi connectivity index (χ3n) is 4.03. The Morgan fingerprint density at radius 3 is 2.75 bits per heavy atom. The number of ether oxygens (including phenoxy) is 2. The van der Waals surface area contributed by atoms with Crippen molar-refractivity contribution in [3.8, 4) is 5.75 Å². The molecule has 1 unspecified atom stereocenters. The van der Waals surface area contributed by atoms with Crippen molar-refractivity contribution in [1.82, 2.24) is 9.78 Å². The minimum absolute atomic E-state index is 0.0277. The van der Waals surface area contributed by atoms with Gasteiger partial charge in [-0.3, -0.25) is 4.68 Å². The summed E-state index contributed by atoms with van der Waals surface area (Å²) >= 11 is 6.15. The summed E-state index contributed by atoms with van der Waals surface area (Å²) in [7, 11) is 1.82. The topological polar surface area (TPSA) is 48.6 Å². The van der Waals surface area contributed by atoms with E-state index in [1.165, 1.54) is 12.8 Å². The number of nitrogens with zero attached hydrogens (tertiary/aromatic N) is 3. The van der Waals surface area contributed by atoms with Gasteiger partial charge >= 0.3 is 0 Å². The zero-order valence-electron chi connectivity index (χ0n) is 14.0. The number of unbranched alkanes of at least 4 members (excludes halogenated alkanes) is 2. The first-order chi connectivity index (χ1) is 11.7. The lowest BCUT2D eigenvalue weighted by molar-refractivity contribution is 0.305. The Kier molecular flexibility index (Phi) is 5.41. The third-order valence-corrected chi connectivity index (χ3v) is 4.31. The van der Waals surface area contributed by atoms with E-state index in [1.54, 1.807) is 10.9 Å². The van der Waals surface area contributed by atoms with Gasteiger partial charge in [0.05, 0.1) is 17.8 Å². The molecule has 1 atom stereocenters. The second-order valence-corrected chi connectivity index (χ2v) is 6.26. The van der Waals surface area contributed by atoms with Crippen LogP contribution in [-0.4, -0.2) is 28.9 Å². The number of rotatable bonds is 7. The van der Waals surface area contributed by atoms with Gasteiger partial charge in [0.1, 0.15) is 24.1 Å². The molecular formula is C18H22ClN3O2. The molecule has 0 radical (unpaired) electrons. The Morgan fingerprint density at radius 1 is 1.29 bits per heavy atom. The number of hydrogen-bond acceptors (Lipinski definition) is 4. The SMILES string of the molecule is CCCCCOc1ccc(C2COC(c3c(Cl)cnn3C)=N2)cc1. The normalized spacial score (nSPS) is 16.8. The number of aryl methyl sites for hydroxylation is 1. The smallest absolute Gasteiger partial charge is 0.237 e. The first-order valence-electron chi connectivity index (χ1n) is 8.30. The van der Waals surface area contributed by atoms with E-state index in [2.05, 4.69) is 17.0 Å². The van der Waals surface area contributed by atoms with E-state index in [-0.39, 0.29) is 6.04 Å². The summed E-state index contributed by atoms with van der Waals surface area (Å²) in [4.78, 5) is 4.65. The number of hydrogen-bond donors (Lipinski definition) is 0. The molecule has 2 aromatic rings. The minimum Gasteiger partial charge on any atom is -0.494 e. The summed E-state index contributed by atoms with van der Waals surface area (Å²) in [5, 5.41) is 4.67. The quantitative estimate of drug-likeness (QED) is 0.706. The Balaban J connectivity index is 1.65. The van der Waals surface area contributed by atoms with Crippen LogP contribution in [0.15, 0.2) is 35.5 Å². The van der Waals surface area contributed by atoms with Crippen LogP contribution in [-0.2, 0) is 11.8 Å². The van der Waals surface area contributed by atoms with E-state index in [0.717, 1.165) is 30.0 Å². The molecule has 0 saturated heterocycles. The second kappa shape index (κ2) is 7.71. The molecule has 0 aliphatic carbocycles. The number of aliphatic imine (C=N–C) groups is 1. The fourth-order valence-electron chi connectivity index (χ4n) is 2.65. The predicted octanol–water partition coefficient (Wildman–Crippen LogP) is 4.16. The lowest BCUT2D eigenvalue weighted by Crippen LogP contribution is -2.08. The van der Waals surface area contributed by atoms with Crippen molar-refractivity contribution >= 4 is 17.5 Å². The molecule has 0 fully saturated rings. The molecule has 0 bridgehead atoms. The summed E-state index contributed by atoms with van der Waals surface area (Å²) in [6.45, 7) is 3.46. The molecule has 6 heteroatoms. The van der Waals surface area contributed by atoms with E-state index < -0.39 is 0 Å². The summed E-state index contributed by atoms with van der Waals surface area (Å²) in [6.07, 6.45) is 5.09. The molecule has 0 saturated carbocycles. The highest BCUT2D eigenvalue weighted by molar-refractivity contribution is 6.33. The van der Waals surface area contributed by atoms with Gasteiger partial charge in [-0.25, -0.2) is 4.99 Å². The molecule has 1 aliphatic rings. The summed E-state index contributed by atoms with van der Waals surface area (Å²) in [6, 6.07) is 8.04. The van der Waals surface area contributed by atoms with Crippen molar-refractivity contribution in [3.63, 3.8) is 0 Å². The van der Waals surface area contributed by atoms with Gasteiger partial charge in [-0.1, -0.05) is 43.5 Å². The average molecular weight is 348 g/mol. The van der Waals surface area contributed by atoms with Gasteiger partial charge in [0.25, 0.3) is 0 Å². The van der Waals surface area contributed by atoms with Crippen molar-refractivity contribution in [1.29, 1.82) is 0 Å². The molecule has 0 N–H and O–H groups in total. The van der Waals surface area contributed by atoms with Crippen molar-refractivity contribution < 1.29 is 9.47 Å². The summed E-state index contributed by atoms with van der Waals surface area (Å²) in [5.74, 6) is 1.44. The second-order valence-electron chi connectivity index (χ2n) is 5.85. The van der Waals surface area contributed by atoms with Gasteiger partial charge in [-0.05, 0) is 24.1 Å². The maximum atomic E-state index is 6.15. The summed E-state index contributed by atoms with van der Waals surface area (Å²) in [5.41, 5.74) is 1.82. The van der Waals surface area contributed by atoms with Crippen LogP contribution >= 0.6 is 11.6 Å². The van der Waals surface area contributed by atoms with Gasteiger partial charge in [0.15, 0.2) is 0 Å². The Hall–Kier alpha value is -2.01. The van der Waals surface area contributed by atoms with Gasteiger partial charge in [0.2, 0.25) is 5.90 Å². The zero-order chi connectivity index (χ0) is 16.9. The number of benzene rings is 1.